The van der Waals surface area contributed by atoms with Crippen molar-refractivity contribution in [1.82, 2.24) is 14.5 Å². The summed E-state index contributed by atoms with van der Waals surface area (Å²) in [6, 6.07) is 1.53. The maximum Gasteiger partial charge on any atom is 0.345 e. The molecule has 2 bridgehead atoms. The molecule has 1 aliphatic carbocycles. The molecule has 112 valence electrons. The van der Waals surface area contributed by atoms with Crippen molar-refractivity contribution < 1.29 is 4.55 Å². The molecule has 2 aliphatic rings. The number of hydrogen-bond donors (Lipinski definition) is 0. The predicted octanol–water partition coefficient (Wildman–Crippen LogP) is 2.60. The molecule has 0 spiro atoms. The van der Waals surface area contributed by atoms with Crippen molar-refractivity contribution in [2.75, 3.05) is 0 Å². The first kappa shape index (κ1) is 14.8. The largest absolute Gasteiger partial charge is 0.609 e. The number of halogens is 1. The molecule has 1 fully saturated rings. The Kier molecular flexibility index (Phi) is 3.50. The number of pyridine rings is 1. The van der Waals surface area contributed by atoms with Crippen LogP contribution in [0.4, 0.5) is 0 Å². The summed E-state index contributed by atoms with van der Waals surface area (Å²) in [5.74, 6) is 0. The SMILES string of the molecule is C.Cc1nc2nc3c1cc(Cl)c(=O)n3C1CCCC1[S+]2[O-]. The average Bonchev–Trinajstić information content (AvgIpc) is 2.86. The highest BCUT2D eigenvalue weighted by molar-refractivity contribution is 7.91. The Labute approximate surface area is 130 Å². The van der Waals surface area contributed by atoms with Crippen molar-refractivity contribution in [2.24, 2.45) is 0 Å². The second-order valence-corrected chi connectivity index (χ2v) is 7.30. The van der Waals surface area contributed by atoms with E-state index in [9.17, 15) is 9.35 Å². The topological polar surface area (TPSA) is 70.8 Å². The van der Waals surface area contributed by atoms with Crippen molar-refractivity contribution in [3.8, 4) is 0 Å². The minimum Gasteiger partial charge on any atom is -0.609 e. The third-order valence-electron chi connectivity index (χ3n) is 4.22. The van der Waals surface area contributed by atoms with Gasteiger partial charge in [-0.15, -0.1) is 0 Å². The average molecular weight is 326 g/mol. The normalized spacial score (nSPS) is 26.5. The van der Waals surface area contributed by atoms with E-state index in [2.05, 4.69) is 9.97 Å². The Bertz CT molecular complexity index is 792. The summed E-state index contributed by atoms with van der Waals surface area (Å²) >= 11 is 4.82. The summed E-state index contributed by atoms with van der Waals surface area (Å²) in [6.45, 7) is 1.83. The maximum atomic E-state index is 12.6. The molecule has 1 aliphatic heterocycles. The van der Waals surface area contributed by atoms with Crippen LogP contribution in [0.2, 0.25) is 5.02 Å². The van der Waals surface area contributed by atoms with Crippen molar-refractivity contribution in [2.45, 2.75) is 50.1 Å². The lowest BCUT2D eigenvalue weighted by molar-refractivity contribution is 0.501. The molecule has 3 unspecified atom stereocenters. The second-order valence-electron chi connectivity index (χ2n) is 5.33. The number of aryl methyl sites for hydroxylation is 1. The molecule has 1 saturated carbocycles. The number of aromatic nitrogens is 3. The molecule has 3 atom stereocenters. The zero-order valence-corrected chi connectivity index (χ0v) is 12.4. The van der Waals surface area contributed by atoms with Crippen LogP contribution >= 0.6 is 11.6 Å². The van der Waals surface area contributed by atoms with Crippen LogP contribution in [0.5, 0.6) is 0 Å². The molecular formula is C14H16ClN3O2S. The highest BCUT2D eigenvalue weighted by atomic mass is 35.5. The summed E-state index contributed by atoms with van der Waals surface area (Å²) in [5.41, 5.74) is 1.05. The molecular weight excluding hydrogens is 310 g/mol. The third kappa shape index (κ3) is 1.93. The molecule has 4 rings (SSSR count). The van der Waals surface area contributed by atoms with Gasteiger partial charge in [0.05, 0.1) is 11.7 Å². The highest BCUT2D eigenvalue weighted by Gasteiger charge is 2.44. The van der Waals surface area contributed by atoms with Gasteiger partial charge in [-0.1, -0.05) is 19.0 Å². The lowest BCUT2D eigenvalue weighted by atomic mass is 10.2. The van der Waals surface area contributed by atoms with E-state index in [1.54, 1.807) is 10.6 Å². The number of nitrogens with zero attached hydrogens (tertiary/aromatic N) is 3. The van der Waals surface area contributed by atoms with Crippen LogP contribution in [-0.4, -0.2) is 24.3 Å². The minimum atomic E-state index is -1.26. The molecule has 3 heterocycles. The smallest absolute Gasteiger partial charge is 0.345 e. The number of rotatable bonds is 0. The minimum absolute atomic E-state index is 0. The van der Waals surface area contributed by atoms with Gasteiger partial charge < -0.3 is 4.55 Å². The zero-order valence-electron chi connectivity index (χ0n) is 10.8. The van der Waals surface area contributed by atoms with Gasteiger partial charge in [0.2, 0.25) is 0 Å². The summed E-state index contributed by atoms with van der Waals surface area (Å²) in [6.07, 6.45) is 2.63. The molecule has 0 radical (unpaired) electrons. The van der Waals surface area contributed by atoms with E-state index in [4.69, 9.17) is 11.6 Å². The lowest BCUT2D eigenvalue weighted by Crippen LogP contribution is -2.32. The molecule has 0 aromatic carbocycles. The van der Waals surface area contributed by atoms with Gasteiger partial charge in [0.25, 0.3) is 5.56 Å². The molecule has 2 aromatic rings. The van der Waals surface area contributed by atoms with Crippen LogP contribution in [0.25, 0.3) is 11.0 Å². The standard InChI is InChI=1S/C13H12ClN3O2S.CH4/c1-6-7-5-8(14)12(18)17-9-3-2-4-10(9)20(19)13(15-6)16-11(7)17;/h5,9-10H,2-4H2,1H3;1H4. The van der Waals surface area contributed by atoms with Gasteiger partial charge in [0.15, 0.2) is 5.65 Å². The first-order valence-corrected chi connectivity index (χ1v) is 8.17. The van der Waals surface area contributed by atoms with E-state index >= 15 is 0 Å². The van der Waals surface area contributed by atoms with Gasteiger partial charge in [-0.3, -0.25) is 9.36 Å². The quantitative estimate of drug-likeness (QED) is 0.551. The Morgan fingerprint density at radius 3 is 2.95 bits per heavy atom. The van der Waals surface area contributed by atoms with Crippen LogP contribution in [-0.2, 0) is 11.2 Å². The maximum absolute atomic E-state index is 12.6. The van der Waals surface area contributed by atoms with E-state index < -0.39 is 11.2 Å². The Morgan fingerprint density at radius 2 is 2.19 bits per heavy atom. The van der Waals surface area contributed by atoms with Gasteiger partial charge in [-0.2, -0.15) is 9.97 Å². The molecule has 21 heavy (non-hydrogen) atoms. The number of hydrogen-bond acceptors (Lipinski definition) is 4. The molecule has 5 nitrogen and oxygen atoms in total. The van der Waals surface area contributed by atoms with Crippen LogP contribution < -0.4 is 5.56 Å². The summed E-state index contributed by atoms with van der Waals surface area (Å²) in [7, 11) is 0. The molecule has 7 heteroatoms. The summed E-state index contributed by atoms with van der Waals surface area (Å²) in [5, 5.41) is 1.20. The van der Waals surface area contributed by atoms with Crippen LogP contribution in [0.3, 0.4) is 0 Å². The molecule has 0 amide bonds. The van der Waals surface area contributed by atoms with E-state index in [1.165, 1.54) is 0 Å². The third-order valence-corrected chi connectivity index (χ3v) is 6.14. The van der Waals surface area contributed by atoms with Crippen molar-refractivity contribution in [3.05, 3.63) is 27.1 Å². The fraction of sp³-hybridized carbons (Fsp3) is 0.500. The lowest BCUT2D eigenvalue weighted by Gasteiger charge is -2.20. The molecule has 0 N–H and O–H groups in total. The van der Waals surface area contributed by atoms with Crippen LogP contribution in [0.15, 0.2) is 16.0 Å². The predicted molar refractivity (Wildman–Crippen MR) is 83.4 cm³/mol. The zero-order chi connectivity index (χ0) is 14.0. The highest BCUT2D eigenvalue weighted by Crippen LogP contribution is 2.40. The first-order chi connectivity index (χ1) is 9.58. The fourth-order valence-electron chi connectivity index (χ4n) is 3.28. The number of fused-ring (bicyclic) bond motifs is 3. The molecule has 0 saturated heterocycles. The van der Waals surface area contributed by atoms with Crippen molar-refractivity contribution in [3.63, 3.8) is 0 Å². The van der Waals surface area contributed by atoms with E-state index in [1.807, 2.05) is 6.92 Å². The van der Waals surface area contributed by atoms with Crippen LogP contribution in [0, 0.1) is 6.92 Å². The van der Waals surface area contributed by atoms with Gasteiger partial charge in [0.1, 0.15) is 10.3 Å². The van der Waals surface area contributed by atoms with Gasteiger partial charge >= 0.3 is 5.16 Å². The summed E-state index contributed by atoms with van der Waals surface area (Å²) < 4.78 is 14.3. The monoisotopic (exact) mass is 325 g/mol. The van der Waals surface area contributed by atoms with Crippen LogP contribution in [0.1, 0.15) is 38.4 Å². The van der Waals surface area contributed by atoms with Crippen molar-refractivity contribution >= 4 is 33.8 Å². The fourth-order valence-corrected chi connectivity index (χ4v) is 5.08. The van der Waals surface area contributed by atoms with Gasteiger partial charge in [0, 0.05) is 16.6 Å². The van der Waals surface area contributed by atoms with E-state index in [0.717, 1.165) is 24.6 Å². The van der Waals surface area contributed by atoms with E-state index in [0.29, 0.717) is 16.5 Å². The van der Waals surface area contributed by atoms with Gasteiger partial charge in [-0.25, -0.2) is 0 Å². The van der Waals surface area contributed by atoms with E-state index in [-0.39, 0.29) is 29.3 Å². The Morgan fingerprint density at radius 1 is 1.43 bits per heavy atom. The van der Waals surface area contributed by atoms with Crippen molar-refractivity contribution in [1.29, 1.82) is 0 Å². The Balaban J connectivity index is 0.00000132. The second kappa shape index (κ2) is 4.97. The molecule has 2 aromatic heterocycles. The first-order valence-electron chi connectivity index (χ1n) is 6.58. The summed E-state index contributed by atoms with van der Waals surface area (Å²) in [4.78, 5) is 21.2. The van der Waals surface area contributed by atoms with Gasteiger partial charge in [-0.05, 0) is 32.3 Å². The Hall–Kier alpha value is -1.11.